The first-order valence-corrected chi connectivity index (χ1v) is 8.08. The van der Waals surface area contributed by atoms with E-state index in [2.05, 4.69) is 27.3 Å². The topological polar surface area (TPSA) is 67.2 Å². The van der Waals surface area contributed by atoms with Crippen LogP contribution in [0, 0.1) is 0 Å². The van der Waals surface area contributed by atoms with E-state index in [1.807, 2.05) is 29.2 Å². The Morgan fingerprint density at radius 1 is 1.13 bits per heavy atom. The third-order valence-electron chi connectivity index (χ3n) is 4.17. The molecule has 1 amide bonds. The Balaban J connectivity index is 1.54. The third-order valence-corrected chi connectivity index (χ3v) is 4.17. The number of hydrogen-bond donors (Lipinski definition) is 0. The van der Waals surface area contributed by atoms with E-state index in [1.165, 1.54) is 6.42 Å². The number of carbonyl (C=O) groups excluding carboxylic acids is 1. The van der Waals surface area contributed by atoms with Crippen molar-refractivity contribution in [2.24, 2.45) is 0 Å². The average molecular weight is 314 g/mol. The fourth-order valence-electron chi connectivity index (χ4n) is 2.87. The number of tetrazole rings is 1. The predicted molar refractivity (Wildman–Crippen MR) is 86.2 cm³/mol. The maximum absolute atomic E-state index is 12.4. The fraction of sp³-hybridized carbons (Fsp3) is 0.500. The summed E-state index contributed by atoms with van der Waals surface area (Å²) in [5, 5.41) is 11.1. The molecule has 1 aliphatic heterocycles. The van der Waals surface area contributed by atoms with E-state index >= 15 is 0 Å². The van der Waals surface area contributed by atoms with Gasteiger partial charge < -0.3 is 4.90 Å². The van der Waals surface area contributed by atoms with Crippen LogP contribution in [0.3, 0.4) is 0 Å². The van der Waals surface area contributed by atoms with Gasteiger partial charge in [0.2, 0.25) is 5.91 Å². The molecule has 1 fully saturated rings. The zero-order chi connectivity index (χ0) is 16.1. The van der Waals surface area contributed by atoms with Crippen molar-refractivity contribution in [2.45, 2.75) is 19.8 Å². The molecule has 23 heavy (non-hydrogen) atoms. The van der Waals surface area contributed by atoms with E-state index in [1.54, 1.807) is 11.0 Å². The number of aromatic nitrogens is 4. The largest absolute Gasteiger partial charge is 0.340 e. The zero-order valence-electron chi connectivity index (χ0n) is 13.4. The molecule has 0 radical (unpaired) electrons. The van der Waals surface area contributed by atoms with E-state index in [9.17, 15) is 4.79 Å². The highest BCUT2D eigenvalue weighted by molar-refractivity contribution is 5.79. The number of nitrogens with zero attached hydrogens (tertiary/aromatic N) is 6. The van der Waals surface area contributed by atoms with E-state index in [4.69, 9.17) is 0 Å². The first kappa shape index (κ1) is 15.6. The van der Waals surface area contributed by atoms with Crippen molar-refractivity contribution in [3.63, 3.8) is 0 Å². The summed E-state index contributed by atoms with van der Waals surface area (Å²) < 4.78 is 1.60. The first-order valence-electron chi connectivity index (χ1n) is 8.08. The highest BCUT2D eigenvalue weighted by Gasteiger charge is 2.20. The van der Waals surface area contributed by atoms with Crippen molar-refractivity contribution in [3.8, 4) is 5.69 Å². The van der Waals surface area contributed by atoms with Gasteiger partial charge in [0.05, 0.1) is 12.1 Å². The summed E-state index contributed by atoms with van der Waals surface area (Å²) >= 11 is 0. The van der Waals surface area contributed by atoms with Crippen LogP contribution in [-0.4, -0.2) is 68.6 Å². The lowest BCUT2D eigenvalue weighted by molar-refractivity contribution is -0.132. The first-order chi connectivity index (χ1) is 11.3. The van der Waals surface area contributed by atoms with Gasteiger partial charge in [-0.15, -0.1) is 5.10 Å². The van der Waals surface area contributed by atoms with E-state index in [0.29, 0.717) is 6.42 Å². The molecule has 2 aromatic rings. The maximum Gasteiger partial charge on any atom is 0.227 e. The number of benzene rings is 1. The fourth-order valence-corrected chi connectivity index (χ4v) is 2.87. The Morgan fingerprint density at radius 2 is 1.87 bits per heavy atom. The quantitative estimate of drug-likeness (QED) is 0.815. The molecule has 0 atom stereocenters. The Kier molecular flexibility index (Phi) is 4.97. The van der Waals surface area contributed by atoms with Crippen molar-refractivity contribution in [1.29, 1.82) is 0 Å². The summed E-state index contributed by atoms with van der Waals surface area (Å²) in [4.78, 5) is 16.8. The Hall–Kier alpha value is -2.28. The van der Waals surface area contributed by atoms with Crippen molar-refractivity contribution in [1.82, 2.24) is 30.0 Å². The molecular weight excluding hydrogens is 292 g/mol. The summed E-state index contributed by atoms with van der Waals surface area (Å²) in [7, 11) is 0. The lowest BCUT2D eigenvalue weighted by Crippen LogP contribution is -2.49. The standard InChI is InChI=1S/C16H22N6O/c1-2-7-20-8-10-21(11-9-20)16(23)12-14-3-5-15(6-4-14)22-13-17-18-19-22/h3-6,13H,2,7-12H2,1H3. The summed E-state index contributed by atoms with van der Waals surface area (Å²) in [6.45, 7) is 6.95. The van der Waals surface area contributed by atoms with Gasteiger partial charge in [-0.3, -0.25) is 9.69 Å². The van der Waals surface area contributed by atoms with Gasteiger partial charge in [-0.05, 0) is 41.1 Å². The highest BCUT2D eigenvalue weighted by atomic mass is 16.2. The Bertz CT molecular complexity index is 617. The molecule has 0 unspecified atom stereocenters. The minimum absolute atomic E-state index is 0.205. The summed E-state index contributed by atoms with van der Waals surface area (Å²) in [6.07, 6.45) is 3.17. The van der Waals surface area contributed by atoms with E-state index in [0.717, 1.165) is 44.0 Å². The molecule has 1 aliphatic rings. The monoisotopic (exact) mass is 314 g/mol. The maximum atomic E-state index is 12.4. The average Bonchev–Trinajstić information content (AvgIpc) is 3.11. The molecule has 0 bridgehead atoms. The second-order valence-electron chi connectivity index (χ2n) is 5.82. The molecule has 1 aromatic heterocycles. The summed E-state index contributed by atoms with van der Waals surface area (Å²) in [6, 6.07) is 7.78. The number of amides is 1. The normalized spacial score (nSPS) is 15.8. The molecule has 2 heterocycles. The molecule has 122 valence electrons. The second-order valence-corrected chi connectivity index (χ2v) is 5.82. The Morgan fingerprint density at radius 3 is 2.48 bits per heavy atom. The van der Waals surface area contributed by atoms with Crippen LogP contribution in [0.4, 0.5) is 0 Å². The molecule has 0 N–H and O–H groups in total. The molecule has 1 saturated heterocycles. The Labute approximate surface area is 135 Å². The van der Waals surface area contributed by atoms with Gasteiger partial charge in [0.25, 0.3) is 0 Å². The molecular formula is C16H22N6O. The van der Waals surface area contributed by atoms with Gasteiger partial charge >= 0.3 is 0 Å². The summed E-state index contributed by atoms with van der Waals surface area (Å²) in [5.74, 6) is 0.205. The molecule has 7 heteroatoms. The van der Waals surface area contributed by atoms with Gasteiger partial charge in [0.15, 0.2) is 0 Å². The number of hydrogen-bond acceptors (Lipinski definition) is 5. The van der Waals surface area contributed by atoms with E-state index in [-0.39, 0.29) is 5.91 Å². The number of carbonyl (C=O) groups is 1. The predicted octanol–water partition coefficient (Wildman–Crippen LogP) is 0.759. The molecule has 3 rings (SSSR count). The minimum Gasteiger partial charge on any atom is -0.340 e. The van der Waals surface area contributed by atoms with Gasteiger partial charge in [-0.1, -0.05) is 19.1 Å². The lowest BCUT2D eigenvalue weighted by atomic mass is 10.1. The molecule has 0 saturated carbocycles. The van der Waals surface area contributed by atoms with E-state index < -0.39 is 0 Å². The van der Waals surface area contributed by atoms with Crippen LogP contribution in [0.2, 0.25) is 0 Å². The third kappa shape index (κ3) is 3.92. The second kappa shape index (κ2) is 7.32. The van der Waals surface area contributed by atoms with Crippen LogP contribution >= 0.6 is 0 Å². The van der Waals surface area contributed by atoms with Crippen LogP contribution in [0.15, 0.2) is 30.6 Å². The van der Waals surface area contributed by atoms with Crippen molar-refractivity contribution in [2.75, 3.05) is 32.7 Å². The minimum atomic E-state index is 0.205. The molecule has 0 aliphatic carbocycles. The molecule has 7 nitrogen and oxygen atoms in total. The van der Waals surface area contributed by atoms with Crippen molar-refractivity contribution in [3.05, 3.63) is 36.2 Å². The van der Waals surface area contributed by atoms with Crippen LogP contribution in [0.25, 0.3) is 5.69 Å². The number of piperazine rings is 1. The lowest BCUT2D eigenvalue weighted by Gasteiger charge is -2.34. The molecule has 1 aromatic carbocycles. The van der Waals surface area contributed by atoms with Gasteiger partial charge in [-0.2, -0.15) is 0 Å². The van der Waals surface area contributed by atoms with Gasteiger partial charge in [0, 0.05) is 26.2 Å². The molecule has 0 spiro atoms. The van der Waals surface area contributed by atoms with Crippen LogP contribution in [0.1, 0.15) is 18.9 Å². The van der Waals surface area contributed by atoms with Gasteiger partial charge in [-0.25, -0.2) is 4.68 Å². The van der Waals surface area contributed by atoms with Crippen molar-refractivity contribution < 1.29 is 4.79 Å². The SMILES string of the molecule is CCCN1CCN(C(=O)Cc2ccc(-n3cnnn3)cc2)CC1. The zero-order valence-corrected chi connectivity index (χ0v) is 13.4. The summed E-state index contributed by atoms with van der Waals surface area (Å²) in [5.41, 5.74) is 1.90. The van der Waals surface area contributed by atoms with Crippen LogP contribution < -0.4 is 0 Å². The van der Waals surface area contributed by atoms with Crippen LogP contribution in [0.5, 0.6) is 0 Å². The van der Waals surface area contributed by atoms with Gasteiger partial charge in [0.1, 0.15) is 6.33 Å². The number of rotatable bonds is 5. The van der Waals surface area contributed by atoms with Crippen molar-refractivity contribution >= 4 is 5.91 Å². The van der Waals surface area contributed by atoms with Crippen LogP contribution in [-0.2, 0) is 11.2 Å². The highest BCUT2D eigenvalue weighted by Crippen LogP contribution is 2.11. The smallest absolute Gasteiger partial charge is 0.227 e.